The molecule has 1 fully saturated rings. The third-order valence-electron chi connectivity index (χ3n) is 5.28. The van der Waals surface area contributed by atoms with Gasteiger partial charge in [-0.2, -0.15) is 5.10 Å². The summed E-state index contributed by atoms with van der Waals surface area (Å²) in [7, 11) is 0. The Hall–Kier alpha value is -1.95. The number of aryl methyl sites for hydroxylation is 3. The van der Waals surface area contributed by atoms with E-state index in [0.29, 0.717) is 11.8 Å². The number of hydrogen-bond donors (Lipinski definition) is 0. The lowest BCUT2D eigenvalue weighted by atomic mass is 9.97. The molecular formula is C19H26N4O2. The molecule has 0 amide bonds. The van der Waals surface area contributed by atoms with Crippen LogP contribution in [0, 0.1) is 12.8 Å². The van der Waals surface area contributed by atoms with Gasteiger partial charge >= 0.3 is 0 Å². The Balaban J connectivity index is 1.23. The molecular weight excluding hydrogens is 316 g/mol. The first-order valence-corrected chi connectivity index (χ1v) is 9.39. The maximum atomic E-state index is 5.95. The van der Waals surface area contributed by atoms with E-state index in [0.717, 1.165) is 69.1 Å². The highest BCUT2D eigenvalue weighted by molar-refractivity contribution is 5.26. The molecule has 1 aliphatic heterocycles. The van der Waals surface area contributed by atoms with Gasteiger partial charge in [0.15, 0.2) is 5.76 Å². The first-order chi connectivity index (χ1) is 12.3. The fraction of sp³-hybridized carbons (Fsp3) is 0.632. The molecule has 2 aromatic rings. The zero-order valence-electron chi connectivity index (χ0n) is 14.9. The summed E-state index contributed by atoms with van der Waals surface area (Å²) < 4.78 is 11.3. The van der Waals surface area contributed by atoms with E-state index >= 15 is 0 Å². The van der Waals surface area contributed by atoms with Crippen LogP contribution in [0.5, 0.6) is 5.88 Å². The lowest BCUT2D eigenvalue weighted by Gasteiger charge is -2.30. The fourth-order valence-electron chi connectivity index (χ4n) is 3.77. The highest BCUT2D eigenvalue weighted by Crippen LogP contribution is 2.23. The molecule has 0 N–H and O–H groups in total. The van der Waals surface area contributed by atoms with Crippen LogP contribution >= 0.6 is 0 Å². The third kappa shape index (κ3) is 4.18. The third-order valence-corrected chi connectivity index (χ3v) is 5.28. The highest BCUT2D eigenvalue weighted by Gasteiger charge is 2.21. The summed E-state index contributed by atoms with van der Waals surface area (Å²) in [5.74, 6) is 2.24. The van der Waals surface area contributed by atoms with Crippen LogP contribution in [0.15, 0.2) is 16.7 Å². The molecule has 0 unspecified atom stereocenters. The van der Waals surface area contributed by atoms with E-state index in [9.17, 15) is 0 Å². The predicted molar refractivity (Wildman–Crippen MR) is 93.4 cm³/mol. The van der Waals surface area contributed by atoms with Crippen molar-refractivity contribution in [2.45, 2.75) is 52.0 Å². The number of nitrogens with zero attached hydrogens (tertiary/aromatic N) is 4. The highest BCUT2D eigenvalue weighted by atomic mass is 16.5. The van der Waals surface area contributed by atoms with Crippen LogP contribution in [0.1, 0.15) is 48.4 Å². The standard InChI is InChI=1S/C19H26N4O2/c1-14-10-17(25-22-14)12-23-8-6-15(7-9-23)13-24-19-11-16-4-2-3-5-18(16)20-21-19/h10-11,15H,2-9,12-13H2,1H3. The predicted octanol–water partition coefficient (Wildman–Crippen LogP) is 2.94. The van der Waals surface area contributed by atoms with Crippen molar-refractivity contribution in [1.29, 1.82) is 0 Å². The van der Waals surface area contributed by atoms with E-state index in [1.165, 1.54) is 18.4 Å². The van der Waals surface area contributed by atoms with Crippen LogP contribution in [0.25, 0.3) is 0 Å². The van der Waals surface area contributed by atoms with Crippen molar-refractivity contribution >= 4 is 0 Å². The summed E-state index contributed by atoms with van der Waals surface area (Å²) in [4.78, 5) is 2.43. The lowest BCUT2D eigenvalue weighted by molar-refractivity contribution is 0.126. The van der Waals surface area contributed by atoms with Crippen molar-refractivity contribution in [2.75, 3.05) is 19.7 Å². The Morgan fingerprint density at radius 2 is 2.00 bits per heavy atom. The Kier molecular flexibility index (Phi) is 4.97. The molecule has 0 aromatic carbocycles. The number of fused-ring (bicyclic) bond motifs is 1. The topological polar surface area (TPSA) is 64.3 Å². The SMILES string of the molecule is Cc1cc(CN2CCC(COc3cc4c(nn3)CCCC4)CC2)on1. The van der Waals surface area contributed by atoms with Gasteiger partial charge < -0.3 is 9.26 Å². The minimum atomic E-state index is 0.588. The molecule has 6 nitrogen and oxygen atoms in total. The van der Waals surface area contributed by atoms with E-state index in [4.69, 9.17) is 9.26 Å². The molecule has 1 saturated heterocycles. The van der Waals surface area contributed by atoms with Gasteiger partial charge in [-0.15, -0.1) is 5.10 Å². The average Bonchev–Trinajstić information content (AvgIpc) is 3.06. The van der Waals surface area contributed by atoms with Crippen LogP contribution in [0.2, 0.25) is 0 Å². The monoisotopic (exact) mass is 342 g/mol. The first kappa shape index (κ1) is 16.5. The number of hydrogen-bond acceptors (Lipinski definition) is 6. The van der Waals surface area contributed by atoms with Gasteiger partial charge in [0.05, 0.1) is 24.5 Å². The van der Waals surface area contributed by atoms with E-state index < -0.39 is 0 Å². The molecule has 134 valence electrons. The minimum absolute atomic E-state index is 0.588. The molecule has 3 heterocycles. The number of aromatic nitrogens is 3. The molecule has 4 rings (SSSR count). The second kappa shape index (κ2) is 7.52. The van der Waals surface area contributed by atoms with Crippen LogP contribution in [-0.4, -0.2) is 40.0 Å². The largest absolute Gasteiger partial charge is 0.476 e. The summed E-state index contributed by atoms with van der Waals surface area (Å²) >= 11 is 0. The van der Waals surface area contributed by atoms with Gasteiger partial charge in [-0.25, -0.2) is 0 Å². The van der Waals surface area contributed by atoms with E-state index in [2.05, 4.69) is 26.3 Å². The van der Waals surface area contributed by atoms with Gasteiger partial charge in [-0.05, 0) is 70.0 Å². The summed E-state index contributed by atoms with van der Waals surface area (Å²) in [5.41, 5.74) is 3.44. The molecule has 6 heteroatoms. The number of likely N-dealkylation sites (tertiary alicyclic amines) is 1. The van der Waals surface area contributed by atoms with Crippen molar-refractivity contribution in [2.24, 2.45) is 5.92 Å². The van der Waals surface area contributed by atoms with Crippen molar-refractivity contribution in [3.05, 3.63) is 34.8 Å². The number of rotatable bonds is 5. The first-order valence-electron chi connectivity index (χ1n) is 9.39. The minimum Gasteiger partial charge on any atom is -0.476 e. The van der Waals surface area contributed by atoms with Gasteiger partial charge in [0.2, 0.25) is 5.88 Å². The van der Waals surface area contributed by atoms with Gasteiger partial charge in [-0.1, -0.05) is 5.16 Å². The quantitative estimate of drug-likeness (QED) is 0.832. The molecule has 0 spiro atoms. The molecule has 0 radical (unpaired) electrons. The normalized spacial score (nSPS) is 18.9. The Labute approximate surface area is 148 Å². The van der Waals surface area contributed by atoms with Crippen molar-refractivity contribution in [3.8, 4) is 5.88 Å². The fourth-order valence-corrected chi connectivity index (χ4v) is 3.77. The van der Waals surface area contributed by atoms with Gasteiger partial charge in [-0.3, -0.25) is 4.90 Å². The van der Waals surface area contributed by atoms with E-state index in [1.54, 1.807) is 0 Å². The van der Waals surface area contributed by atoms with Crippen molar-refractivity contribution in [1.82, 2.24) is 20.3 Å². The Morgan fingerprint density at radius 3 is 2.80 bits per heavy atom. The number of ether oxygens (including phenoxy) is 1. The van der Waals surface area contributed by atoms with Crippen molar-refractivity contribution < 1.29 is 9.26 Å². The zero-order chi connectivity index (χ0) is 17.1. The molecule has 0 atom stereocenters. The molecule has 1 aliphatic carbocycles. The molecule has 25 heavy (non-hydrogen) atoms. The van der Waals surface area contributed by atoms with Gasteiger partial charge in [0.25, 0.3) is 0 Å². The zero-order valence-corrected chi connectivity index (χ0v) is 14.9. The van der Waals surface area contributed by atoms with Crippen LogP contribution in [0.4, 0.5) is 0 Å². The molecule has 2 aliphatic rings. The van der Waals surface area contributed by atoms with Gasteiger partial charge in [0, 0.05) is 12.1 Å². The van der Waals surface area contributed by atoms with Crippen molar-refractivity contribution in [3.63, 3.8) is 0 Å². The van der Waals surface area contributed by atoms with Crippen LogP contribution in [0.3, 0.4) is 0 Å². The molecule has 2 aromatic heterocycles. The molecule has 0 saturated carbocycles. The lowest BCUT2D eigenvalue weighted by Crippen LogP contribution is -2.35. The van der Waals surface area contributed by atoms with Gasteiger partial charge in [0.1, 0.15) is 0 Å². The average molecular weight is 342 g/mol. The second-order valence-corrected chi connectivity index (χ2v) is 7.33. The summed E-state index contributed by atoms with van der Waals surface area (Å²) in [5, 5.41) is 12.5. The maximum absolute atomic E-state index is 5.95. The summed E-state index contributed by atoms with van der Waals surface area (Å²) in [6.45, 7) is 5.70. The summed E-state index contributed by atoms with van der Waals surface area (Å²) in [6.07, 6.45) is 6.94. The van der Waals surface area contributed by atoms with Crippen LogP contribution in [-0.2, 0) is 19.4 Å². The summed E-state index contributed by atoms with van der Waals surface area (Å²) in [6, 6.07) is 4.12. The smallest absolute Gasteiger partial charge is 0.233 e. The molecule has 0 bridgehead atoms. The van der Waals surface area contributed by atoms with Crippen LogP contribution < -0.4 is 4.74 Å². The maximum Gasteiger partial charge on any atom is 0.233 e. The Morgan fingerprint density at radius 1 is 1.16 bits per heavy atom. The van der Waals surface area contributed by atoms with E-state index in [1.807, 2.05) is 13.0 Å². The Bertz CT molecular complexity index is 707. The second-order valence-electron chi connectivity index (χ2n) is 7.33. The van der Waals surface area contributed by atoms with E-state index in [-0.39, 0.29) is 0 Å². The number of piperidine rings is 1.